The van der Waals surface area contributed by atoms with E-state index >= 15 is 0 Å². The maximum absolute atomic E-state index is 13.0. The Morgan fingerprint density at radius 2 is 1.47 bits per heavy atom. The van der Waals surface area contributed by atoms with Gasteiger partial charge in [0.15, 0.2) is 23.0 Å². The van der Waals surface area contributed by atoms with Crippen LogP contribution in [0.3, 0.4) is 0 Å². The number of ether oxygens (including phenoxy) is 5. The van der Waals surface area contributed by atoms with Crippen LogP contribution in [0, 0.1) is 0 Å². The van der Waals surface area contributed by atoms with E-state index in [0.29, 0.717) is 45.7 Å². The number of carbonyl (C=O) groups excluding carboxylic acids is 3. The van der Waals surface area contributed by atoms with Crippen LogP contribution >= 0.6 is 11.6 Å². The van der Waals surface area contributed by atoms with Crippen molar-refractivity contribution in [2.75, 3.05) is 33.3 Å². The average Bonchev–Trinajstić information content (AvgIpc) is 3.05. The van der Waals surface area contributed by atoms with Crippen molar-refractivity contribution in [1.82, 2.24) is 5.43 Å². The minimum Gasteiger partial charge on any atom is -0.493 e. The molecule has 4 aromatic rings. The molecule has 0 atom stereocenters. The highest BCUT2D eigenvalue weighted by Crippen LogP contribution is 2.39. The molecule has 11 nitrogen and oxygen atoms in total. The molecule has 0 unspecified atom stereocenters. The zero-order valence-electron chi connectivity index (χ0n) is 24.9. The van der Waals surface area contributed by atoms with Gasteiger partial charge >= 0.3 is 5.97 Å². The van der Waals surface area contributed by atoms with Gasteiger partial charge in [-0.1, -0.05) is 17.7 Å². The normalized spacial score (nSPS) is 10.6. The van der Waals surface area contributed by atoms with E-state index in [2.05, 4.69) is 15.8 Å². The predicted octanol–water partition coefficient (Wildman–Crippen LogP) is 6.00. The lowest BCUT2D eigenvalue weighted by Gasteiger charge is -2.15. The fourth-order valence-electron chi connectivity index (χ4n) is 4.09. The molecule has 0 radical (unpaired) electrons. The van der Waals surface area contributed by atoms with E-state index in [0.717, 1.165) is 0 Å². The summed E-state index contributed by atoms with van der Waals surface area (Å²) in [4.78, 5) is 38.3. The second kappa shape index (κ2) is 15.3. The summed E-state index contributed by atoms with van der Waals surface area (Å²) in [7, 11) is 4.36. The van der Waals surface area contributed by atoms with Crippen molar-refractivity contribution < 1.29 is 38.1 Å². The molecule has 12 heteroatoms. The van der Waals surface area contributed by atoms with Crippen LogP contribution in [-0.2, 0) is 0 Å². The molecule has 0 saturated carbocycles. The molecule has 4 aromatic carbocycles. The third kappa shape index (κ3) is 8.30. The van der Waals surface area contributed by atoms with E-state index in [9.17, 15) is 14.4 Å². The van der Waals surface area contributed by atoms with E-state index < -0.39 is 11.9 Å². The van der Waals surface area contributed by atoms with Gasteiger partial charge in [0.25, 0.3) is 11.8 Å². The van der Waals surface area contributed by atoms with Gasteiger partial charge in [0.2, 0.25) is 5.75 Å². The highest BCUT2D eigenvalue weighted by atomic mass is 35.5. The first-order valence-corrected chi connectivity index (χ1v) is 13.9. The van der Waals surface area contributed by atoms with Crippen LogP contribution in [0.1, 0.15) is 43.6 Å². The Labute approximate surface area is 264 Å². The zero-order chi connectivity index (χ0) is 32.3. The second-order valence-electron chi connectivity index (χ2n) is 9.18. The lowest BCUT2D eigenvalue weighted by atomic mass is 10.1. The molecule has 0 aliphatic carbocycles. The van der Waals surface area contributed by atoms with Crippen LogP contribution < -0.4 is 34.4 Å². The minimum atomic E-state index is -0.671. The largest absolute Gasteiger partial charge is 0.493 e. The fourth-order valence-corrected chi connectivity index (χ4v) is 4.21. The minimum absolute atomic E-state index is 0.175. The smallest absolute Gasteiger partial charge is 0.343 e. The molecule has 45 heavy (non-hydrogen) atoms. The van der Waals surface area contributed by atoms with Crippen molar-refractivity contribution >= 4 is 41.3 Å². The molecule has 2 amide bonds. The summed E-state index contributed by atoms with van der Waals surface area (Å²) >= 11 is 5.88. The number of benzene rings is 4. The summed E-state index contributed by atoms with van der Waals surface area (Å²) in [6.07, 6.45) is 1.41. The molecule has 0 aliphatic rings. The summed E-state index contributed by atoms with van der Waals surface area (Å²) in [5.41, 5.74) is 4.34. The first-order valence-electron chi connectivity index (χ1n) is 13.6. The molecule has 2 N–H and O–H groups in total. The Bertz CT molecular complexity index is 1700. The van der Waals surface area contributed by atoms with Crippen LogP contribution in [0.4, 0.5) is 5.69 Å². The summed E-state index contributed by atoms with van der Waals surface area (Å²) < 4.78 is 27.2. The number of rotatable bonds is 12. The van der Waals surface area contributed by atoms with E-state index in [-0.39, 0.29) is 28.5 Å². The molecule has 0 bridgehead atoms. The van der Waals surface area contributed by atoms with Crippen LogP contribution in [-0.4, -0.2) is 51.9 Å². The first-order chi connectivity index (χ1) is 21.8. The van der Waals surface area contributed by atoms with Gasteiger partial charge in [-0.05, 0) is 85.3 Å². The van der Waals surface area contributed by atoms with Crippen molar-refractivity contribution in [3.05, 3.63) is 106 Å². The second-order valence-corrected chi connectivity index (χ2v) is 9.62. The number of hydrazone groups is 1. The molecule has 0 saturated heterocycles. The van der Waals surface area contributed by atoms with Gasteiger partial charge in [0.05, 0.1) is 39.7 Å². The monoisotopic (exact) mass is 631 g/mol. The van der Waals surface area contributed by atoms with Gasteiger partial charge in [0, 0.05) is 21.8 Å². The summed E-state index contributed by atoms with van der Waals surface area (Å²) in [5, 5.41) is 7.30. The highest BCUT2D eigenvalue weighted by molar-refractivity contribution is 6.30. The van der Waals surface area contributed by atoms with Gasteiger partial charge in [-0.15, -0.1) is 0 Å². The molecule has 0 aliphatic heterocycles. The molecule has 4 rings (SSSR count). The van der Waals surface area contributed by atoms with E-state index in [1.165, 1.54) is 45.7 Å². The molecular formula is C33H30ClN3O8. The van der Waals surface area contributed by atoms with Crippen molar-refractivity contribution in [2.24, 2.45) is 5.10 Å². The van der Waals surface area contributed by atoms with Gasteiger partial charge in [-0.25, -0.2) is 10.2 Å². The van der Waals surface area contributed by atoms with Crippen molar-refractivity contribution in [2.45, 2.75) is 6.92 Å². The Hall–Kier alpha value is -5.55. The maximum atomic E-state index is 13.0. The molecular weight excluding hydrogens is 602 g/mol. The standard InChI is InChI=1S/C33H30ClN3O8/c1-5-44-27-15-20(9-14-26(27)45-33(40)23-17-28(41-2)30(43-4)29(18-23)42-3)19-35-37-32(39)22-7-6-8-25(16-22)36-31(38)21-10-12-24(34)13-11-21/h6-19H,5H2,1-4H3,(H,36,38)(H,37,39). The topological polar surface area (TPSA) is 134 Å². The fraction of sp³-hybridized carbons (Fsp3) is 0.152. The molecule has 0 fully saturated rings. The lowest BCUT2D eigenvalue weighted by molar-refractivity contribution is 0.0727. The lowest BCUT2D eigenvalue weighted by Crippen LogP contribution is -2.18. The molecule has 0 aromatic heterocycles. The summed E-state index contributed by atoms with van der Waals surface area (Å²) in [6.45, 7) is 2.09. The SMILES string of the molecule is CCOc1cc(C=NNC(=O)c2cccc(NC(=O)c3ccc(Cl)cc3)c2)ccc1OC(=O)c1cc(OC)c(OC)c(OC)c1. The number of hydrogen-bond donors (Lipinski definition) is 2. The van der Waals surface area contributed by atoms with Crippen molar-refractivity contribution in [3.63, 3.8) is 0 Å². The zero-order valence-corrected chi connectivity index (χ0v) is 25.6. The highest BCUT2D eigenvalue weighted by Gasteiger charge is 2.20. The summed E-state index contributed by atoms with van der Waals surface area (Å²) in [5.74, 6) is -0.0910. The Morgan fingerprint density at radius 3 is 2.11 bits per heavy atom. The average molecular weight is 632 g/mol. The van der Waals surface area contributed by atoms with Gasteiger partial charge in [-0.3, -0.25) is 9.59 Å². The number of nitrogens with zero attached hydrogens (tertiary/aromatic N) is 1. The number of hydrogen-bond acceptors (Lipinski definition) is 9. The van der Waals surface area contributed by atoms with Crippen molar-refractivity contribution in [1.29, 1.82) is 0 Å². The number of anilines is 1. The molecule has 0 heterocycles. The van der Waals surface area contributed by atoms with Crippen LogP contribution in [0.15, 0.2) is 84.0 Å². The van der Waals surface area contributed by atoms with Gasteiger partial charge < -0.3 is 29.0 Å². The summed E-state index contributed by atoms with van der Waals surface area (Å²) in [6, 6.07) is 20.6. The third-order valence-electron chi connectivity index (χ3n) is 6.24. The van der Waals surface area contributed by atoms with E-state index in [1.807, 2.05) is 0 Å². The van der Waals surface area contributed by atoms with E-state index in [4.69, 9.17) is 35.3 Å². The number of halogens is 1. The Morgan fingerprint density at radius 1 is 0.756 bits per heavy atom. The maximum Gasteiger partial charge on any atom is 0.343 e. The van der Waals surface area contributed by atoms with E-state index in [1.54, 1.807) is 67.6 Å². The van der Waals surface area contributed by atoms with Crippen LogP contribution in [0.5, 0.6) is 28.7 Å². The number of carbonyl (C=O) groups is 3. The molecule has 232 valence electrons. The van der Waals surface area contributed by atoms with Crippen LogP contribution in [0.2, 0.25) is 5.02 Å². The predicted molar refractivity (Wildman–Crippen MR) is 170 cm³/mol. The molecule has 0 spiro atoms. The van der Waals surface area contributed by atoms with Crippen LogP contribution in [0.25, 0.3) is 0 Å². The number of amides is 2. The van der Waals surface area contributed by atoms with Gasteiger partial charge in [0.1, 0.15) is 0 Å². The number of nitrogens with one attached hydrogen (secondary N) is 2. The van der Waals surface area contributed by atoms with Gasteiger partial charge in [-0.2, -0.15) is 5.10 Å². The van der Waals surface area contributed by atoms with Crippen molar-refractivity contribution in [3.8, 4) is 28.7 Å². The quantitative estimate of drug-likeness (QED) is 0.0842. The number of esters is 1. The Balaban J connectivity index is 1.43. The first kappa shape index (κ1) is 32.4. The third-order valence-corrected chi connectivity index (χ3v) is 6.49. The number of methoxy groups -OCH3 is 3. The Kier molecular flexibility index (Phi) is 11.0.